The molecule has 0 aliphatic rings. The lowest BCUT2D eigenvalue weighted by molar-refractivity contribution is 1.47. The first-order chi connectivity index (χ1) is 23.7. The Morgan fingerprint density at radius 2 is 0.750 bits per heavy atom. The number of fused-ring (bicyclic) bond motifs is 6. The standard InChI is InChI=1S/C44H24N2S2/c45-25-31-23-29(35-9-5-11-39-37-7-1-3-13-41(37)47-43(35)39)19-21-33(31)27-15-17-28(18-16-27)34-22-20-30(24-32(34)26-46)36-10-6-12-40-38-8-2-4-14-42(38)48-44(36)40/h1-24H. The van der Waals surface area contributed by atoms with Gasteiger partial charge in [-0.15, -0.1) is 22.7 Å². The highest BCUT2D eigenvalue weighted by Gasteiger charge is 2.15. The van der Waals surface area contributed by atoms with Gasteiger partial charge in [-0.25, -0.2) is 0 Å². The summed E-state index contributed by atoms with van der Waals surface area (Å²) in [6.07, 6.45) is 0. The van der Waals surface area contributed by atoms with E-state index in [1.165, 1.54) is 40.3 Å². The highest BCUT2D eigenvalue weighted by atomic mass is 32.1. The number of thiophene rings is 2. The molecule has 0 unspecified atom stereocenters. The minimum atomic E-state index is 0.635. The largest absolute Gasteiger partial charge is 0.192 e. The Morgan fingerprint density at radius 3 is 1.19 bits per heavy atom. The molecule has 0 saturated heterocycles. The van der Waals surface area contributed by atoms with Crippen LogP contribution in [0.3, 0.4) is 0 Å². The first kappa shape index (κ1) is 28.2. The summed E-state index contributed by atoms with van der Waals surface area (Å²) in [4.78, 5) is 0. The zero-order valence-corrected chi connectivity index (χ0v) is 27.2. The van der Waals surface area contributed by atoms with E-state index in [1.54, 1.807) is 22.7 Å². The Morgan fingerprint density at radius 1 is 0.354 bits per heavy atom. The van der Waals surface area contributed by atoms with Gasteiger partial charge in [-0.2, -0.15) is 10.5 Å². The van der Waals surface area contributed by atoms with Crippen LogP contribution in [0.1, 0.15) is 11.1 Å². The lowest BCUT2D eigenvalue weighted by Crippen LogP contribution is -1.89. The maximum absolute atomic E-state index is 10.2. The van der Waals surface area contributed by atoms with Crippen LogP contribution in [0.25, 0.3) is 84.9 Å². The van der Waals surface area contributed by atoms with Crippen molar-refractivity contribution in [2.45, 2.75) is 0 Å². The molecule has 0 fully saturated rings. The monoisotopic (exact) mass is 644 g/mol. The second kappa shape index (κ2) is 11.3. The Bertz CT molecular complexity index is 2610. The van der Waals surface area contributed by atoms with Gasteiger partial charge in [0.05, 0.1) is 23.3 Å². The van der Waals surface area contributed by atoms with Gasteiger partial charge in [0.2, 0.25) is 0 Å². The van der Waals surface area contributed by atoms with Crippen molar-refractivity contribution in [3.8, 4) is 56.6 Å². The molecule has 222 valence electrons. The number of hydrogen-bond acceptors (Lipinski definition) is 4. The average Bonchev–Trinajstić information content (AvgIpc) is 3.73. The lowest BCUT2D eigenvalue weighted by atomic mass is 9.92. The third-order valence-electron chi connectivity index (χ3n) is 9.22. The molecule has 0 radical (unpaired) electrons. The molecule has 0 spiro atoms. The molecule has 0 aliphatic heterocycles. The predicted octanol–water partition coefficient (Wildman–Crippen LogP) is 12.8. The van der Waals surface area contributed by atoms with E-state index in [1.807, 2.05) is 36.4 Å². The van der Waals surface area contributed by atoms with Gasteiger partial charge in [0.1, 0.15) is 0 Å². The number of rotatable bonds is 4. The first-order valence-corrected chi connectivity index (χ1v) is 17.3. The van der Waals surface area contributed by atoms with Gasteiger partial charge in [-0.1, -0.05) is 121 Å². The van der Waals surface area contributed by atoms with E-state index in [4.69, 9.17) is 0 Å². The second-order valence-electron chi connectivity index (χ2n) is 11.9. The smallest absolute Gasteiger partial charge is 0.0998 e. The van der Waals surface area contributed by atoms with Crippen LogP contribution < -0.4 is 0 Å². The van der Waals surface area contributed by atoms with Crippen LogP contribution in [-0.4, -0.2) is 0 Å². The maximum atomic E-state index is 10.2. The van der Waals surface area contributed by atoms with Crippen molar-refractivity contribution in [1.82, 2.24) is 0 Å². The fraction of sp³-hybridized carbons (Fsp3) is 0. The molecule has 2 heterocycles. The topological polar surface area (TPSA) is 47.6 Å². The molecular weight excluding hydrogens is 621 g/mol. The zero-order valence-electron chi connectivity index (χ0n) is 25.6. The van der Waals surface area contributed by atoms with E-state index in [2.05, 4.69) is 121 Å². The third-order valence-corrected chi connectivity index (χ3v) is 11.7. The molecule has 2 aromatic heterocycles. The molecule has 9 aromatic rings. The van der Waals surface area contributed by atoms with Gasteiger partial charge < -0.3 is 0 Å². The van der Waals surface area contributed by atoms with E-state index in [-0.39, 0.29) is 0 Å². The van der Waals surface area contributed by atoms with Crippen LogP contribution in [0.4, 0.5) is 0 Å². The molecule has 0 bridgehead atoms. The molecule has 7 aromatic carbocycles. The second-order valence-corrected chi connectivity index (χ2v) is 14.0. The third kappa shape index (κ3) is 4.51. The van der Waals surface area contributed by atoms with E-state index in [0.717, 1.165) is 44.5 Å². The Labute approximate surface area is 285 Å². The van der Waals surface area contributed by atoms with Gasteiger partial charge in [-0.3, -0.25) is 0 Å². The average molecular weight is 645 g/mol. The highest BCUT2D eigenvalue weighted by molar-refractivity contribution is 7.26. The zero-order chi connectivity index (χ0) is 32.2. The van der Waals surface area contributed by atoms with Crippen molar-refractivity contribution in [3.05, 3.63) is 157 Å². The summed E-state index contributed by atoms with van der Waals surface area (Å²) in [6, 6.07) is 55.3. The summed E-state index contributed by atoms with van der Waals surface area (Å²) in [5.74, 6) is 0. The minimum Gasteiger partial charge on any atom is -0.192 e. The van der Waals surface area contributed by atoms with Crippen molar-refractivity contribution >= 4 is 63.0 Å². The number of benzene rings is 7. The first-order valence-electron chi connectivity index (χ1n) is 15.7. The highest BCUT2D eigenvalue weighted by Crippen LogP contribution is 2.42. The van der Waals surface area contributed by atoms with Crippen molar-refractivity contribution < 1.29 is 0 Å². The molecule has 0 saturated carbocycles. The van der Waals surface area contributed by atoms with Crippen LogP contribution in [0, 0.1) is 22.7 Å². The van der Waals surface area contributed by atoms with Crippen molar-refractivity contribution in [1.29, 1.82) is 10.5 Å². The van der Waals surface area contributed by atoms with Crippen LogP contribution in [0.15, 0.2) is 146 Å². The summed E-state index contributed by atoms with van der Waals surface area (Å²) in [5, 5.41) is 25.5. The number of nitriles is 2. The molecule has 0 aliphatic carbocycles. The van der Waals surface area contributed by atoms with E-state index < -0.39 is 0 Å². The summed E-state index contributed by atoms with van der Waals surface area (Å²) in [5.41, 5.74) is 9.34. The Balaban J connectivity index is 1.06. The van der Waals surface area contributed by atoms with Gasteiger partial charge in [0, 0.05) is 40.3 Å². The van der Waals surface area contributed by atoms with Gasteiger partial charge in [0.15, 0.2) is 0 Å². The summed E-state index contributed by atoms with van der Waals surface area (Å²) in [6.45, 7) is 0. The van der Waals surface area contributed by atoms with Gasteiger partial charge in [-0.05, 0) is 68.8 Å². The predicted molar refractivity (Wildman–Crippen MR) is 203 cm³/mol. The van der Waals surface area contributed by atoms with E-state index >= 15 is 0 Å². The van der Waals surface area contributed by atoms with Crippen molar-refractivity contribution in [2.24, 2.45) is 0 Å². The molecule has 2 nitrogen and oxygen atoms in total. The van der Waals surface area contributed by atoms with Crippen LogP contribution in [0.2, 0.25) is 0 Å². The van der Waals surface area contributed by atoms with Gasteiger partial charge in [0.25, 0.3) is 0 Å². The molecule has 9 rings (SSSR count). The van der Waals surface area contributed by atoms with E-state index in [0.29, 0.717) is 11.1 Å². The van der Waals surface area contributed by atoms with Crippen LogP contribution in [0.5, 0.6) is 0 Å². The molecule has 0 amide bonds. The van der Waals surface area contributed by atoms with Gasteiger partial charge >= 0.3 is 0 Å². The number of hydrogen-bond donors (Lipinski definition) is 0. The van der Waals surface area contributed by atoms with E-state index in [9.17, 15) is 10.5 Å². The summed E-state index contributed by atoms with van der Waals surface area (Å²) < 4.78 is 5.00. The fourth-order valence-corrected chi connectivity index (χ4v) is 9.37. The molecule has 4 heteroatoms. The minimum absolute atomic E-state index is 0.635. The molecule has 48 heavy (non-hydrogen) atoms. The van der Waals surface area contributed by atoms with Crippen LogP contribution >= 0.6 is 22.7 Å². The fourth-order valence-electron chi connectivity index (χ4n) is 6.89. The lowest BCUT2D eigenvalue weighted by Gasteiger charge is -2.11. The SMILES string of the molecule is N#Cc1cc(-c2cccc3c2sc2ccccc23)ccc1-c1ccc(-c2ccc(-c3cccc4c3sc3ccccc34)cc2C#N)cc1. The Kier molecular flexibility index (Phi) is 6.66. The van der Waals surface area contributed by atoms with Crippen LogP contribution in [-0.2, 0) is 0 Å². The van der Waals surface area contributed by atoms with Crippen molar-refractivity contribution in [2.75, 3.05) is 0 Å². The van der Waals surface area contributed by atoms with Crippen molar-refractivity contribution in [3.63, 3.8) is 0 Å². The summed E-state index contributed by atoms with van der Waals surface area (Å²) in [7, 11) is 0. The maximum Gasteiger partial charge on any atom is 0.0998 e. The number of nitrogens with zero attached hydrogens (tertiary/aromatic N) is 2. The molecule has 0 N–H and O–H groups in total. The molecule has 0 atom stereocenters. The molecular formula is C44H24N2S2. The summed E-state index contributed by atoms with van der Waals surface area (Å²) >= 11 is 3.59. The quantitative estimate of drug-likeness (QED) is 0.191. The normalized spacial score (nSPS) is 11.3. The Hall–Kier alpha value is -6.04.